The summed E-state index contributed by atoms with van der Waals surface area (Å²) in [6.45, 7) is 23.4. The number of alkyl carbamates (subject to hydrolysis) is 2. The molecule has 4 rings (SSSR count). The summed E-state index contributed by atoms with van der Waals surface area (Å²) in [5, 5.41) is 5.48. The molecule has 29 nitrogen and oxygen atoms in total. The first kappa shape index (κ1) is 88.1. The number of amides is 2. The lowest BCUT2D eigenvalue weighted by Crippen LogP contribution is -2.29. The second-order valence-electron chi connectivity index (χ2n) is 23.0. The van der Waals surface area contributed by atoms with Crippen LogP contribution in [0.15, 0.2) is 0 Å². The molecule has 0 bridgehead atoms. The predicted octanol–water partition coefficient (Wildman–Crippen LogP) is 3.70. The molecule has 2 saturated carbocycles. The highest BCUT2D eigenvalue weighted by Gasteiger charge is 2.50. The van der Waals surface area contributed by atoms with Gasteiger partial charge in [-0.2, -0.15) is 0 Å². The number of ether oxygens (including phenoxy) is 25. The molecule has 0 heterocycles. The van der Waals surface area contributed by atoms with E-state index in [0.29, 0.717) is 366 Å². The maximum absolute atomic E-state index is 12.0. The molecule has 2 N–H and O–H groups in total. The van der Waals surface area contributed by atoms with Gasteiger partial charge in [0.15, 0.2) is 0 Å². The Morgan fingerprint density at radius 1 is 0.212 bits per heavy atom. The average Bonchev–Trinajstić information content (AvgIpc) is 1.64. The Bertz CT molecular complexity index is 1770. The van der Waals surface area contributed by atoms with E-state index in [0.717, 1.165) is 51.4 Å². The zero-order chi connectivity index (χ0) is 69.6. The zero-order valence-electron chi connectivity index (χ0n) is 59.5. The molecule has 0 aromatic heterocycles. The topological polar surface area (TPSA) is 289 Å². The molecule has 576 valence electrons. The Kier molecular flexibility index (Phi) is 61.5. The highest BCUT2D eigenvalue weighted by molar-refractivity contribution is 5.67. The molecule has 2 amide bonds. The van der Waals surface area contributed by atoms with Crippen LogP contribution in [-0.4, -0.2) is 342 Å². The van der Waals surface area contributed by atoms with Gasteiger partial charge in [-0.3, -0.25) is 0 Å². The lowest BCUT2D eigenvalue weighted by atomic mass is 10.1. The lowest BCUT2D eigenvalue weighted by Gasteiger charge is -2.09. The normalized spacial score (nSPS) is 18.4. The maximum Gasteiger partial charge on any atom is 0.407 e. The average molecular weight is 1430 g/mol. The summed E-state index contributed by atoms with van der Waals surface area (Å²) in [5.74, 6) is 16.4. The summed E-state index contributed by atoms with van der Waals surface area (Å²) >= 11 is 0. The van der Waals surface area contributed by atoms with Gasteiger partial charge in [0, 0.05) is 38.8 Å². The predicted molar refractivity (Wildman–Crippen MR) is 361 cm³/mol. The van der Waals surface area contributed by atoms with Gasteiger partial charge in [0.1, 0.15) is 0 Å². The van der Waals surface area contributed by atoms with Crippen LogP contribution in [0.1, 0.15) is 51.4 Å². The van der Waals surface area contributed by atoms with Crippen molar-refractivity contribution in [1.82, 2.24) is 10.6 Å². The molecule has 0 aliphatic heterocycles. The SMILES string of the molecule is O=C(NCCOCCOCCOCCOCCOCCOCCOCCOCCOCCOCCOCCOCCOCCOCCOCCOCCOCCOCCOCCOCCOCCOCCOCCNC(=O)OCC1[C@H]2CCC#CCC[C@@H]12)OCC1[C@H]2CCC#CCC[C@@H]12. The Morgan fingerprint density at radius 2 is 0.343 bits per heavy atom. The van der Waals surface area contributed by atoms with Gasteiger partial charge in [-0.15, -0.1) is 23.7 Å². The van der Waals surface area contributed by atoms with Crippen LogP contribution < -0.4 is 10.6 Å². The van der Waals surface area contributed by atoms with Crippen molar-refractivity contribution in [2.45, 2.75) is 51.4 Å². The lowest BCUT2D eigenvalue weighted by molar-refractivity contribution is -0.0318. The fourth-order valence-electron chi connectivity index (χ4n) is 10.4. The molecule has 29 heteroatoms. The van der Waals surface area contributed by atoms with Gasteiger partial charge in [0.25, 0.3) is 0 Å². The van der Waals surface area contributed by atoms with E-state index in [-0.39, 0.29) is 12.2 Å². The molecule has 0 spiro atoms. The molecule has 4 aliphatic carbocycles. The third-order valence-corrected chi connectivity index (χ3v) is 15.7. The second-order valence-corrected chi connectivity index (χ2v) is 23.0. The van der Waals surface area contributed by atoms with E-state index in [1.807, 2.05) is 0 Å². The summed E-state index contributed by atoms with van der Waals surface area (Å²) in [6, 6.07) is 0. The minimum atomic E-state index is -0.387. The highest BCUT2D eigenvalue weighted by Crippen LogP contribution is 2.53. The monoisotopic (exact) mass is 1420 g/mol. The summed E-state index contributed by atoms with van der Waals surface area (Å²) < 4.78 is 138. The largest absolute Gasteiger partial charge is 0.449 e. The van der Waals surface area contributed by atoms with Crippen molar-refractivity contribution in [2.75, 3.05) is 330 Å². The van der Waals surface area contributed by atoms with Crippen LogP contribution in [-0.2, 0) is 118 Å². The number of nitrogens with one attached hydrogen (secondary N) is 2. The first-order valence-electron chi connectivity index (χ1n) is 36.2. The van der Waals surface area contributed by atoms with Crippen LogP contribution >= 0.6 is 0 Å². The van der Waals surface area contributed by atoms with Crippen molar-refractivity contribution in [3.63, 3.8) is 0 Å². The molecular weight excluding hydrogens is 1300 g/mol. The molecule has 0 aromatic rings. The Morgan fingerprint density at radius 3 is 0.485 bits per heavy atom. The molecule has 0 aromatic carbocycles. The van der Waals surface area contributed by atoms with E-state index < -0.39 is 0 Å². The molecule has 99 heavy (non-hydrogen) atoms. The van der Waals surface area contributed by atoms with Gasteiger partial charge in [0.05, 0.1) is 317 Å². The first-order valence-corrected chi connectivity index (χ1v) is 36.2. The van der Waals surface area contributed by atoms with Gasteiger partial charge in [-0.1, -0.05) is 0 Å². The first-order chi connectivity index (χ1) is 49.2. The summed E-state index contributed by atoms with van der Waals surface area (Å²) in [6.07, 6.45) is 7.52. The number of carbonyl (C=O) groups excluding carboxylic acids is 2. The molecule has 0 saturated heterocycles. The Labute approximate surface area is 589 Å². The molecule has 0 radical (unpaired) electrons. The van der Waals surface area contributed by atoms with Crippen molar-refractivity contribution in [3.8, 4) is 23.7 Å². The maximum atomic E-state index is 12.0. The molecular formula is C70H124N2O27. The summed E-state index contributed by atoms with van der Waals surface area (Å²) in [5.41, 5.74) is 0. The molecule has 4 aliphatic rings. The van der Waals surface area contributed by atoms with E-state index in [2.05, 4.69) is 34.3 Å². The summed E-state index contributed by atoms with van der Waals surface area (Å²) in [7, 11) is 0. The van der Waals surface area contributed by atoms with Crippen molar-refractivity contribution >= 4 is 12.2 Å². The fourth-order valence-corrected chi connectivity index (χ4v) is 10.4. The smallest absolute Gasteiger partial charge is 0.407 e. The van der Waals surface area contributed by atoms with Crippen LogP contribution in [0.25, 0.3) is 0 Å². The third-order valence-electron chi connectivity index (χ3n) is 15.7. The number of rotatable bonds is 76. The van der Waals surface area contributed by atoms with E-state index in [1.165, 1.54) is 0 Å². The van der Waals surface area contributed by atoms with Crippen LogP contribution in [0.4, 0.5) is 9.59 Å². The van der Waals surface area contributed by atoms with Crippen molar-refractivity contribution in [2.24, 2.45) is 35.5 Å². The molecule has 2 unspecified atom stereocenters. The van der Waals surface area contributed by atoms with Gasteiger partial charge in [-0.25, -0.2) is 9.59 Å². The fraction of sp³-hybridized carbons (Fsp3) is 0.914. The highest BCUT2D eigenvalue weighted by atomic mass is 16.6. The Hall–Kier alpha value is -3.26. The van der Waals surface area contributed by atoms with Crippen molar-refractivity contribution in [3.05, 3.63) is 0 Å². The van der Waals surface area contributed by atoms with Crippen molar-refractivity contribution < 1.29 is 128 Å². The Balaban J connectivity index is 0.680. The number of carbonyl (C=O) groups is 2. The number of hydrogen-bond donors (Lipinski definition) is 2. The van der Waals surface area contributed by atoms with E-state index in [4.69, 9.17) is 118 Å². The van der Waals surface area contributed by atoms with Gasteiger partial charge < -0.3 is 129 Å². The van der Waals surface area contributed by atoms with Gasteiger partial charge in [0.2, 0.25) is 0 Å². The van der Waals surface area contributed by atoms with Crippen LogP contribution in [0.5, 0.6) is 0 Å². The van der Waals surface area contributed by atoms with E-state index in [1.54, 1.807) is 0 Å². The standard InChI is InChI=1S/C70H124N2O27/c73-69(98-61-67-63-9-5-1-2-6-10-64(63)67)71-13-15-75-17-19-77-21-23-79-25-27-81-29-31-83-33-35-85-37-39-87-41-43-89-45-47-91-49-51-93-53-55-95-57-59-97-60-58-96-56-54-94-52-50-92-48-46-90-44-42-88-40-38-86-36-34-84-32-30-82-28-26-80-24-22-78-20-18-76-16-14-72-70(74)99-62-68-65-11-7-3-4-8-12-66(65)68/h63-68H,5-62H2,(H,71,73)(H,72,74)/t63-,64+,65-,66+,67?,68?. The minimum absolute atomic E-state index is 0.387. The van der Waals surface area contributed by atoms with Gasteiger partial charge in [-0.05, 0) is 61.2 Å². The number of fused-ring (bicyclic) bond motifs is 2. The quantitative estimate of drug-likeness (QED) is 0.0648. The second kappa shape index (κ2) is 69.1. The van der Waals surface area contributed by atoms with Crippen LogP contribution in [0, 0.1) is 59.2 Å². The van der Waals surface area contributed by atoms with Gasteiger partial charge >= 0.3 is 12.2 Å². The third kappa shape index (κ3) is 55.9. The summed E-state index contributed by atoms with van der Waals surface area (Å²) in [4.78, 5) is 24.0. The molecule has 2 fully saturated rings. The molecule has 6 atom stereocenters. The van der Waals surface area contributed by atoms with E-state index >= 15 is 0 Å². The van der Waals surface area contributed by atoms with Crippen LogP contribution in [0.2, 0.25) is 0 Å². The number of hydrogen-bond acceptors (Lipinski definition) is 27. The zero-order valence-corrected chi connectivity index (χ0v) is 59.5. The van der Waals surface area contributed by atoms with Crippen molar-refractivity contribution in [1.29, 1.82) is 0 Å². The van der Waals surface area contributed by atoms with Crippen LogP contribution in [0.3, 0.4) is 0 Å². The van der Waals surface area contributed by atoms with E-state index in [9.17, 15) is 9.59 Å². The minimum Gasteiger partial charge on any atom is -0.449 e.